The third-order valence-electron chi connectivity index (χ3n) is 3.27. The van der Waals surface area contributed by atoms with Gasteiger partial charge < -0.3 is 9.80 Å². The van der Waals surface area contributed by atoms with Crippen LogP contribution in [-0.2, 0) is 9.59 Å². The van der Waals surface area contributed by atoms with E-state index in [-0.39, 0.29) is 24.9 Å². The highest BCUT2D eigenvalue weighted by Crippen LogP contribution is 2.08. The molecule has 20 heavy (non-hydrogen) atoms. The molecule has 0 aliphatic carbocycles. The van der Waals surface area contributed by atoms with E-state index >= 15 is 0 Å². The number of unbranched alkanes of at least 4 members (excludes halogenated alkanes) is 4. The van der Waals surface area contributed by atoms with Gasteiger partial charge in [0.05, 0.1) is 0 Å². The van der Waals surface area contributed by atoms with Crippen molar-refractivity contribution in [3.63, 3.8) is 0 Å². The summed E-state index contributed by atoms with van der Waals surface area (Å²) in [6, 6.07) is 0. The van der Waals surface area contributed by atoms with Gasteiger partial charge in [0.15, 0.2) is 0 Å². The monoisotopic (exact) mass is 278 g/mol. The fourth-order valence-electron chi connectivity index (χ4n) is 1.97. The second kappa shape index (κ2) is 9.34. The normalized spacial score (nSPS) is 16.9. The predicted molar refractivity (Wildman–Crippen MR) is 80.8 cm³/mol. The van der Waals surface area contributed by atoms with Gasteiger partial charge in [-0.2, -0.15) is 0 Å². The van der Waals surface area contributed by atoms with Gasteiger partial charge in [-0.1, -0.05) is 51.7 Å². The minimum absolute atomic E-state index is 0.0162. The van der Waals surface area contributed by atoms with Gasteiger partial charge in [0.2, 0.25) is 11.8 Å². The lowest BCUT2D eigenvalue weighted by atomic mass is 10.2. The molecule has 112 valence electrons. The molecule has 0 radical (unpaired) electrons. The van der Waals surface area contributed by atoms with Crippen LogP contribution in [0.2, 0.25) is 0 Å². The van der Waals surface area contributed by atoms with Crippen molar-refractivity contribution in [2.45, 2.75) is 52.4 Å². The zero-order valence-electron chi connectivity index (χ0n) is 12.7. The molecule has 0 unspecified atom stereocenters. The van der Waals surface area contributed by atoms with E-state index in [1.165, 1.54) is 9.80 Å². The topological polar surface area (TPSA) is 40.6 Å². The Labute approximate surface area is 122 Å². The third kappa shape index (κ3) is 5.59. The van der Waals surface area contributed by atoms with E-state index in [4.69, 9.17) is 0 Å². The summed E-state index contributed by atoms with van der Waals surface area (Å²) >= 11 is 0. The average molecular weight is 278 g/mol. The van der Waals surface area contributed by atoms with Crippen molar-refractivity contribution < 1.29 is 9.59 Å². The van der Waals surface area contributed by atoms with Gasteiger partial charge in [0, 0.05) is 12.4 Å². The molecule has 1 fully saturated rings. The maximum absolute atomic E-state index is 11.9. The molecule has 0 spiro atoms. The first-order chi connectivity index (χ1) is 9.69. The molecule has 0 aromatic carbocycles. The molecule has 1 aliphatic heterocycles. The summed E-state index contributed by atoms with van der Waals surface area (Å²) in [4.78, 5) is 26.9. The number of hydrogen-bond acceptors (Lipinski definition) is 2. The molecule has 0 atom stereocenters. The Balaban J connectivity index is 2.45. The summed E-state index contributed by atoms with van der Waals surface area (Å²) in [6.07, 6.45) is 13.9. The minimum Gasteiger partial charge on any atom is -0.308 e. The first-order valence-electron chi connectivity index (χ1n) is 7.61. The van der Waals surface area contributed by atoms with E-state index in [1.54, 1.807) is 12.4 Å². The van der Waals surface area contributed by atoms with E-state index in [1.807, 2.05) is 12.2 Å². The molecule has 1 heterocycles. The Morgan fingerprint density at radius 3 is 1.60 bits per heavy atom. The van der Waals surface area contributed by atoms with E-state index in [2.05, 4.69) is 13.8 Å². The SMILES string of the molecule is CCCC/C=C/N1CC(=O)N(/C=C/CCCC)CC1=O. The van der Waals surface area contributed by atoms with Crippen molar-refractivity contribution in [3.8, 4) is 0 Å². The molecule has 0 aromatic heterocycles. The van der Waals surface area contributed by atoms with Gasteiger partial charge in [-0.3, -0.25) is 9.59 Å². The maximum atomic E-state index is 11.9. The molecule has 0 aromatic rings. The van der Waals surface area contributed by atoms with Crippen molar-refractivity contribution in [1.82, 2.24) is 9.80 Å². The fraction of sp³-hybridized carbons (Fsp3) is 0.625. The molecule has 2 amide bonds. The number of allylic oxidation sites excluding steroid dienone is 2. The summed E-state index contributed by atoms with van der Waals surface area (Å²) in [5.41, 5.74) is 0. The van der Waals surface area contributed by atoms with Gasteiger partial charge in [-0.05, 0) is 12.8 Å². The van der Waals surface area contributed by atoms with E-state index in [0.29, 0.717) is 0 Å². The lowest BCUT2D eigenvalue weighted by Gasteiger charge is -2.29. The highest BCUT2D eigenvalue weighted by atomic mass is 16.2. The number of hydrogen-bond donors (Lipinski definition) is 0. The minimum atomic E-state index is -0.0162. The molecule has 0 saturated carbocycles. The second-order valence-electron chi connectivity index (χ2n) is 5.10. The van der Waals surface area contributed by atoms with Crippen molar-refractivity contribution >= 4 is 11.8 Å². The van der Waals surface area contributed by atoms with Crippen LogP contribution >= 0.6 is 0 Å². The molecular formula is C16H26N2O2. The Kier molecular flexibility index (Phi) is 7.70. The fourth-order valence-corrected chi connectivity index (χ4v) is 1.97. The summed E-state index contributed by atoms with van der Waals surface area (Å²) < 4.78 is 0. The molecular weight excluding hydrogens is 252 g/mol. The van der Waals surface area contributed by atoms with Gasteiger partial charge in [-0.15, -0.1) is 0 Å². The van der Waals surface area contributed by atoms with Crippen LogP contribution in [0.15, 0.2) is 24.6 Å². The molecule has 0 bridgehead atoms. The van der Waals surface area contributed by atoms with Crippen LogP contribution in [0.1, 0.15) is 52.4 Å². The summed E-state index contributed by atoms with van der Waals surface area (Å²) in [5, 5.41) is 0. The molecule has 0 N–H and O–H groups in total. The second-order valence-corrected chi connectivity index (χ2v) is 5.10. The molecule has 4 heteroatoms. The number of piperazine rings is 1. The smallest absolute Gasteiger partial charge is 0.247 e. The number of amides is 2. The highest BCUT2D eigenvalue weighted by Gasteiger charge is 2.26. The number of carbonyl (C=O) groups excluding carboxylic acids is 2. The largest absolute Gasteiger partial charge is 0.308 e. The lowest BCUT2D eigenvalue weighted by molar-refractivity contribution is -0.145. The quantitative estimate of drug-likeness (QED) is 0.640. The van der Waals surface area contributed by atoms with Crippen LogP contribution in [0, 0.1) is 0 Å². The van der Waals surface area contributed by atoms with Gasteiger partial charge >= 0.3 is 0 Å². The van der Waals surface area contributed by atoms with Crippen LogP contribution in [-0.4, -0.2) is 34.7 Å². The van der Waals surface area contributed by atoms with Gasteiger partial charge in [-0.25, -0.2) is 0 Å². The Bertz CT molecular complexity index is 339. The number of rotatable bonds is 8. The maximum Gasteiger partial charge on any atom is 0.247 e. The zero-order valence-corrected chi connectivity index (χ0v) is 12.7. The molecule has 1 aliphatic rings. The van der Waals surface area contributed by atoms with Crippen molar-refractivity contribution in [2.24, 2.45) is 0 Å². The summed E-state index contributed by atoms with van der Waals surface area (Å²) in [6.45, 7) is 4.57. The highest BCUT2D eigenvalue weighted by molar-refractivity contribution is 5.93. The van der Waals surface area contributed by atoms with Crippen LogP contribution in [0.5, 0.6) is 0 Å². The molecule has 1 rings (SSSR count). The van der Waals surface area contributed by atoms with Crippen LogP contribution in [0.25, 0.3) is 0 Å². The van der Waals surface area contributed by atoms with Crippen molar-refractivity contribution in [2.75, 3.05) is 13.1 Å². The van der Waals surface area contributed by atoms with E-state index < -0.39 is 0 Å². The van der Waals surface area contributed by atoms with Crippen LogP contribution in [0.4, 0.5) is 0 Å². The standard InChI is InChI=1S/C16H26N2O2/c1-3-5-7-9-11-17-13-16(20)18(14-15(17)19)12-10-8-6-4-2/h9-12H,3-8,13-14H2,1-2H3/b11-9+,12-10+. The Morgan fingerprint density at radius 1 is 0.850 bits per heavy atom. The summed E-state index contributed by atoms with van der Waals surface area (Å²) in [7, 11) is 0. The van der Waals surface area contributed by atoms with Crippen LogP contribution in [0.3, 0.4) is 0 Å². The average Bonchev–Trinajstić information content (AvgIpc) is 2.44. The molecule has 4 nitrogen and oxygen atoms in total. The number of carbonyl (C=O) groups is 2. The molecule has 1 saturated heterocycles. The summed E-state index contributed by atoms with van der Waals surface area (Å²) in [5.74, 6) is -0.0324. The van der Waals surface area contributed by atoms with Crippen molar-refractivity contribution in [1.29, 1.82) is 0 Å². The van der Waals surface area contributed by atoms with Gasteiger partial charge in [0.25, 0.3) is 0 Å². The lowest BCUT2D eigenvalue weighted by Crippen LogP contribution is -2.49. The Hall–Kier alpha value is -1.58. The van der Waals surface area contributed by atoms with E-state index in [9.17, 15) is 9.59 Å². The van der Waals surface area contributed by atoms with Crippen molar-refractivity contribution in [3.05, 3.63) is 24.6 Å². The van der Waals surface area contributed by atoms with Gasteiger partial charge in [0.1, 0.15) is 13.1 Å². The predicted octanol–water partition coefficient (Wildman–Crippen LogP) is 3.07. The zero-order chi connectivity index (χ0) is 14.8. The first-order valence-corrected chi connectivity index (χ1v) is 7.61. The first kappa shape index (κ1) is 16.5. The van der Waals surface area contributed by atoms with Crippen LogP contribution < -0.4 is 0 Å². The van der Waals surface area contributed by atoms with E-state index in [0.717, 1.165) is 38.5 Å². The number of nitrogens with zero attached hydrogens (tertiary/aromatic N) is 2. The Morgan fingerprint density at radius 2 is 1.25 bits per heavy atom. The third-order valence-corrected chi connectivity index (χ3v) is 3.27.